The van der Waals surface area contributed by atoms with Gasteiger partial charge in [-0.2, -0.15) is 0 Å². The molecule has 0 radical (unpaired) electrons. The molecule has 10 aromatic rings. The minimum atomic E-state index is -0.447. The first-order valence-corrected chi connectivity index (χ1v) is 21.8. The molecular formula is C59H39NS. The Balaban J connectivity index is 0.998. The molecule has 1 heterocycles. The van der Waals surface area contributed by atoms with Crippen molar-refractivity contribution in [2.75, 3.05) is 4.90 Å². The van der Waals surface area contributed by atoms with Gasteiger partial charge in [0.05, 0.1) is 5.41 Å². The van der Waals surface area contributed by atoms with E-state index < -0.39 is 5.41 Å². The fourth-order valence-corrected chi connectivity index (χ4v) is 11.3. The Hall–Kier alpha value is -7.39. The lowest BCUT2D eigenvalue weighted by Crippen LogP contribution is -2.32. The lowest BCUT2D eigenvalue weighted by atomic mass is 9.66. The maximum absolute atomic E-state index is 2.47. The van der Waals surface area contributed by atoms with Crippen LogP contribution < -0.4 is 4.90 Å². The highest BCUT2D eigenvalue weighted by Gasteiger charge is 2.50. The van der Waals surface area contributed by atoms with Gasteiger partial charge in [-0.25, -0.2) is 0 Å². The van der Waals surface area contributed by atoms with Gasteiger partial charge in [0.15, 0.2) is 0 Å². The lowest BCUT2D eigenvalue weighted by Gasteiger charge is -2.40. The summed E-state index contributed by atoms with van der Waals surface area (Å²) in [4.78, 5) is 4.99. The largest absolute Gasteiger partial charge is 0.311 e. The quantitative estimate of drug-likeness (QED) is 0.165. The Morgan fingerprint density at radius 3 is 1.25 bits per heavy atom. The zero-order valence-electron chi connectivity index (χ0n) is 33.4. The van der Waals surface area contributed by atoms with Crippen LogP contribution in [0.15, 0.2) is 246 Å². The van der Waals surface area contributed by atoms with Gasteiger partial charge in [-0.3, -0.25) is 0 Å². The van der Waals surface area contributed by atoms with Crippen molar-refractivity contribution < 1.29 is 0 Å². The molecule has 61 heavy (non-hydrogen) atoms. The number of hydrogen-bond donors (Lipinski definition) is 0. The number of fused-ring (bicyclic) bond motifs is 10. The molecule has 0 N–H and O–H groups in total. The van der Waals surface area contributed by atoms with Crippen LogP contribution in [0, 0.1) is 0 Å². The van der Waals surface area contributed by atoms with Gasteiger partial charge in [0.2, 0.25) is 0 Å². The highest BCUT2D eigenvalue weighted by molar-refractivity contribution is 7.99. The summed E-state index contributed by atoms with van der Waals surface area (Å²) in [5, 5.41) is 2.54. The molecule has 0 aromatic heterocycles. The molecule has 1 spiro atoms. The second-order valence-electron chi connectivity index (χ2n) is 16.0. The highest BCUT2D eigenvalue weighted by Crippen LogP contribution is 2.63. The molecule has 0 atom stereocenters. The SMILES string of the molecule is c1ccc(-c2ccc(N(c3ccc(-c4ccccc4)cc3)c3ccc(-c4cccc5c4Sc4cc6ccccc6cc4C54c5ccccc5-c5ccccc54)cc3)cc2)cc1. The minimum Gasteiger partial charge on any atom is -0.311 e. The van der Waals surface area contributed by atoms with Crippen LogP contribution in [-0.2, 0) is 5.41 Å². The molecule has 286 valence electrons. The van der Waals surface area contributed by atoms with Crippen LogP contribution in [0.2, 0.25) is 0 Å². The number of benzene rings is 10. The molecule has 1 aliphatic heterocycles. The van der Waals surface area contributed by atoms with Crippen molar-refractivity contribution in [2.24, 2.45) is 0 Å². The zero-order valence-corrected chi connectivity index (χ0v) is 34.2. The van der Waals surface area contributed by atoms with Crippen LogP contribution in [-0.4, -0.2) is 0 Å². The van der Waals surface area contributed by atoms with Crippen molar-refractivity contribution in [2.45, 2.75) is 15.2 Å². The van der Waals surface area contributed by atoms with Crippen molar-refractivity contribution in [1.29, 1.82) is 0 Å². The van der Waals surface area contributed by atoms with Crippen LogP contribution in [0.1, 0.15) is 22.3 Å². The van der Waals surface area contributed by atoms with Gasteiger partial charge in [-0.05, 0) is 126 Å². The third-order valence-electron chi connectivity index (χ3n) is 12.7. The Bertz CT molecular complexity index is 3110. The first kappa shape index (κ1) is 35.5. The summed E-state index contributed by atoms with van der Waals surface area (Å²) in [6, 6.07) is 87.1. The molecule has 2 heteroatoms. The summed E-state index contributed by atoms with van der Waals surface area (Å²) in [6.45, 7) is 0. The standard InChI is InChI=1S/C59H39NS/c1-3-14-40(15-4-1)42-26-32-47(33-27-42)60(48-34-28-43(29-35-48)41-16-5-2-6-17-41)49-36-30-44(31-37-49)50-22-13-25-55-58(50)61-57-39-46-19-8-7-18-45(46)38-56(57)59(55)53-23-11-9-20-51(53)52-21-10-12-24-54(52)59/h1-39H. The molecule has 0 saturated carbocycles. The molecule has 10 aromatic carbocycles. The second-order valence-corrected chi connectivity index (χ2v) is 17.1. The van der Waals surface area contributed by atoms with E-state index in [1.165, 1.54) is 87.3 Å². The van der Waals surface area contributed by atoms with E-state index in [0.29, 0.717) is 0 Å². The van der Waals surface area contributed by atoms with Crippen LogP contribution in [0.3, 0.4) is 0 Å². The Morgan fingerprint density at radius 2 is 0.705 bits per heavy atom. The average Bonchev–Trinajstić information content (AvgIpc) is 3.63. The molecule has 0 saturated heterocycles. The van der Waals surface area contributed by atoms with E-state index in [4.69, 9.17) is 0 Å². The molecule has 0 unspecified atom stereocenters. The van der Waals surface area contributed by atoms with E-state index >= 15 is 0 Å². The van der Waals surface area contributed by atoms with E-state index in [2.05, 4.69) is 241 Å². The summed E-state index contributed by atoms with van der Waals surface area (Å²) in [6.07, 6.45) is 0. The minimum absolute atomic E-state index is 0.447. The van der Waals surface area contributed by atoms with Crippen molar-refractivity contribution in [3.05, 3.63) is 259 Å². The van der Waals surface area contributed by atoms with Crippen LogP contribution in [0.5, 0.6) is 0 Å². The van der Waals surface area contributed by atoms with Crippen LogP contribution in [0.4, 0.5) is 17.1 Å². The van der Waals surface area contributed by atoms with Crippen molar-refractivity contribution in [3.63, 3.8) is 0 Å². The van der Waals surface area contributed by atoms with Gasteiger partial charge in [0.1, 0.15) is 0 Å². The van der Waals surface area contributed by atoms with Crippen molar-refractivity contribution >= 4 is 39.6 Å². The fraction of sp³-hybridized carbons (Fsp3) is 0.0169. The summed E-state index contributed by atoms with van der Waals surface area (Å²) >= 11 is 1.92. The van der Waals surface area contributed by atoms with Gasteiger partial charge < -0.3 is 4.90 Å². The molecule has 1 aliphatic carbocycles. The van der Waals surface area contributed by atoms with Gasteiger partial charge in [0, 0.05) is 26.9 Å². The molecular weight excluding hydrogens is 755 g/mol. The third kappa shape index (κ3) is 5.71. The average molecular weight is 794 g/mol. The van der Waals surface area contributed by atoms with Gasteiger partial charge in [-0.1, -0.05) is 200 Å². The van der Waals surface area contributed by atoms with E-state index in [1.807, 2.05) is 11.8 Å². The Labute approximate surface area is 361 Å². The lowest BCUT2D eigenvalue weighted by molar-refractivity contribution is 0.725. The zero-order chi connectivity index (χ0) is 40.3. The number of anilines is 3. The maximum atomic E-state index is 2.47. The first-order valence-electron chi connectivity index (χ1n) is 21.0. The summed E-state index contributed by atoms with van der Waals surface area (Å²) in [7, 11) is 0. The topological polar surface area (TPSA) is 3.24 Å². The van der Waals surface area contributed by atoms with Gasteiger partial charge in [0.25, 0.3) is 0 Å². The first-order chi connectivity index (χ1) is 30.2. The van der Waals surface area contributed by atoms with E-state index in [-0.39, 0.29) is 0 Å². The molecule has 0 amide bonds. The molecule has 0 bridgehead atoms. The van der Waals surface area contributed by atoms with Crippen molar-refractivity contribution in [3.8, 4) is 44.5 Å². The summed E-state index contributed by atoms with van der Waals surface area (Å²) in [5.74, 6) is 0. The molecule has 0 fully saturated rings. The van der Waals surface area contributed by atoms with Gasteiger partial charge in [-0.15, -0.1) is 0 Å². The van der Waals surface area contributed by atoms with Crippen LogP contribution in [0.25, 0.3) is 55.3 Å². The fourth-order valence-electron chi connectivity index (χ4n) is 9.94. The van der Waals surface area contributed by atoms with Gasteiger partial charge >= 0.3 is 0 Å². The highest BCUT2D eigenvalue weighted by atomic mass is 32.2. The smallest absolute Gasteiger partial charge is 0.0735 e. The van der Waals surface area contributed by atoms with E-state index in [1.54, 1.807) is 0 Å². The molecule has 12 rings (SSSR count). The summed E-state index contributed by atoms with van der Waals surface area (Å²) in [5.41, 5.74) is 18.2. The number of hydrogen-bond acceptors (Lipinski definition) is 2. The summed E-state index contributed by atoms with van der Waals surface area (Å²) < 4.78 is 0. The number of rotatable bonds is 6. The maximum Gasteiger partial charge on any atom is 0.0735 e. The van der Waals surface area contributed by atoms with Crippen LogP contribution >= 0.6 is 11.8 Å². The van der Waals surface area contributed by atoms with Crippen molar-refractivity contribution in [1.82, 2.24) is 0 Å². The monoisotopic (exact) mass is 793 g/mol. The normalized spacial score (nSPS) is 13.0. The third-order valence-corrected chi connectivity index (χ3v) is 13.9. The molecule has 1 nitrogen and oxygen atoms in total. The van der Waals surface area contributed by atoms with E-state index in [0.717, 1.165) is 17.1 Å². The Morgan fingerprint density at radius 1 is 0.295 bits per heavy atom. The second kappa shape index (κ2) is 14.4. The predicted molar refractivity (Wildman–Crippen MR) is 256 cm³/mol. The number of nitrogens with zero attached hydrogens (tertiary/aromatic N) is 1. The molecule has 2 aliphatic rings. The predicted octanol–water partition coefficient (Wildman–Crippen LogP) is 16.1. The van der Waals surface area contributed by atoms with E-state index in [9.17, 15) is 0 Å². The Kier molecular flexibility index (Phi) is 8.40.